The van der Waals surface area contributed by atoms with Crippen molar-refractivity contribution in [1.29, 1.82) is 0 Å². The maximum atomic E-state index is 15.1. The molecule has 1 aliphatic rings. The van der Waals surface area contributed by atoms with Gasteiger partial charge in [-0.3, -0.25) is 14.5 Å². The first kappa shape index (κ1) is 48.1. The Morgan fingerprint density at radius 1 is 0.859 bits per heavy atom. The van der Waals surface area contributed by atoms with E-state index in [9.17, 15) is 27.9 Å². The predicted molar refractivity (Wildman–Crippen MR) is 246 cm³/mol. The van der Waals surface area contributed by atoms with E-state index in [4.69, 9.17) is 44.5 Å². The predicted octanol–water partition coefficient (Wildman–Crippen LogP) is 7.06. The van der Waals surface area contributed by atoms with Crippen LogP contribution < -0.4 is 5.32 Å². The number of aliphatic carboxylic acids is 1. The summed E-state index contributed by atoms with van der Waals surface area (Å²) in [6, 6.07) is 33.4. The number of imidazole rings is 1. The van der Waals surface area contributed by atoms with E-state index < -0.39 is 79.4 Å². The van der Waals surface area contributed by atoms with Crippen LogP contribution in [0.4, 0.5) is 4.79 Å². The standard InChI is InChI=1S/C47H50Cl3N5O8S/c1-32(2)41(43(57)55-28-34-16-14-13-15-33(34)27-40(55)42(56)52-39(44(58)59)24-26-64(3,61)62)54(45(60)63-30-46(48,49)50)25-23-38-29-53(31-51-38)47(35-17-7-4-8-18-35,36-19-9-5-10-20-36)37-21-11-6-12-22-37/h4-22,29,31-32,39-41H,23-28,30H2,1-3H3,(H,52,56)(H,58,59)/t39-,40-,41?/m0/s1. The number of ether oxygens (including phenoxy) is 1. The molecule has 64 heavy (non-hydrogen) atoms. The largest absolute Gasteiger partial charge is 0.480 e. The summed E-state index contributed by atoms with van der Waals surface area (Å²) in [5, 5.41) is 12.4. The van der Waals surface area contributed by atoms with Gasteiger partial charge in [0.15, 0.2) is 0 Å². The molecule has 13 nitrogen and oxygen atoms in total. The van der Waals surface area contributed by atoms with Crippen LogP contribution in [0.2, 0.25) is 0 Å². The van der Waals surface area contributed by atoms with Gasteiger partial charge < -0.3 is 24.6 Å². The minimum atomic E-state index is -3.56. The molecule has 1 unspecified atom stereocenters. The molecule has 0 aliphatic carbocycles. The normalized spacial score (nSPS) is 15.2. The van der Waals surface area contributed by atoms with Crippen molar-refractivity contribution in [3.8, 4) is 0 Å². The number of aromatic nitrogens is 2. The van der Waals surface area contributed by atoms with Crippen LogP contribution in [0.3, 0.4) is 0 Å². The molecule has 6 rings (SSSR count). The SMILES string of the molecule is CC(C)C(C(=O)N1Cc2ccccc2C[C@H]1C(=O)N[C@@H](CCS(C)(=O)=O)C(=O)O)N(CCc1cn(C(c2ccccc2)(c2ccccc2)c2ccccc2)cn1)C(=O)OCC(Cl)(Cl)Cl. The highest BCUT2D eigenvalue weighted by Crippen LogP contribution is 2.41. The third-order valence-electron chi connectivity index (χ3n) is 11.2. The molecular weight excluding hydrogens is 901 g/mol. The summed E-state index contributed by atoms with van der Waals surface area (Å²) < 4.78 is 29.4. The molecule has 3 amide bonds. The minimum absolute atomic E-state index is 0.0259. The lowest BCUT2D eigenvalue weighted by Gasteiger charge is -2.41. The summed E-state index contributed by atoms with van der Waals surface area (Å²) in [5.41, 5.74) is 4.17. The lowest BCUT2D eigenvalue weighted by atomic mass is 9.77. The number of benzene rings is 4. The fourth-order valence-electron chi connectivity index (χ4n) is 8.26. The molecular formula is C47H50Cl3N5O8S. The zero-order valence-corrected chi connectivity index (χ0v) is 38.6. The number of hydrogen-bond donors (Lipinski definition) is 2. The Balaban J connectivity index is 1.36. The maximum Gasteiger partial charge on any atom is 0.410 e. The highest BCUT2D eigenvalue weighted by molar-refractivity contribution is 7.90. The number of alkyl halides is 3. The van der Waals surface area contributed by atoms with Crippen LogP contribution in [0.1, 0.15) is 53.8 Å². The number of nitrogens with one attached hydrogen (secondary N) is 1. The molecule has 0 spiro atoms. The second-order valence-corrected chi connectivity index (χ2v) is 20.9. The number of halogens is 3. The third-order valence-corrected chi connectivity index (χ3v) is 12.6. The van der Waals surface area contributed by atoms with Crippen LogP contribution in [0.25, 0.3) is 0 Å². The number of carbonyl (C=O) groups is 4. The number of sulfone groups is 1. The molecule has 338 valence electrons. The summed E-state index contributed by atoms with van der Waals surface area (Å²) in [5.74, 6) is -3.87. The number of amides is 3. The Bertz CT molecular complexity index is 2420. The minimum Gasteiger partial charge on any atom is -0.480 e. The molecule has 0 radical (unpaired) electrons. The van der Waals surface area contributed by atoms with E-state index in [0.717, 1.165) is 34.1 Å². The first-order valence-corrected chi connectivity index (χ1v) is 23.9. The summed E-state index contributed by atoms with van der Waals surface area (Å²) in [4.78, 5) is 63.0. The van der Waals surface area contributed by atoms with Gasteiger partial charge in [-0.25, -0.2) is 23.0 Å². The van der Waals surface area contributed by atoms with E-state index in [0.29, 0.717) is 5.69 Å². The van der Waals surface area contributed by atoms with Gasteiger partial charge in [0.1, 0.15) is 40.1 Å². The van der Waals surface area contributed by atoms with Crippen molar-refractivity contribution in [1.82, 2.24) is 24.7 Å². The summed E-state index contributed by atoms with van der Waals surface area (Å²) in [6.45, 7) is 2.74. The van der Waals surface area contributed by atoms with Crippen LogP contribution in [0, 0.1) is 5.92 Å². The highest BCUT2D eigenvalue weighted by atomic mass is 35.6. The topological polar surface area (TPSA) is 168 Å². The molecule has 2 heterocycles. The van der Waals surface area contributed by atoms with Gasteiger partial charge in [0, 0.05) is 38.4 Å². The number of hydrogen-bond acceptors (Lipinski definition) is 8. The Morgan fingerprint density at radius 2 is 1.39 bits per heavy atom. The summed E-state index contributed by atoms with van der Waals surface area (Å²) in [7, 11) is -3.56. The van der Waals surface area contributed by atoms with Crippen molar-refractivity contribution in [2.24, 2.45) is 5.92 Å². The van der Waals surface area contributed by atoms with E-state index in [2.05, 4.69) is 41.7 Å². The van der Waals surface area contributed by atoms with E-state index in [1.54, 1.807) is 32.3 Å². The smallest absolute Gasteiger partial charge is 0.410 e. The fraction of sp³-hybridized carbons (Fsp3) is 0.340. The quantitative estimate of drug-likeness (QED) is 0.0733. The number of fused-ring (bicyclic) bond motifs is 1. The average molecular weight is 951 g/mol. The average Bonchev–Trinajstić information content (AvgIpc) is 3.74. The first-order valence-electron chi connectivity index (χ1n) is 20.7. The van der Waals surface area contributed by atoms with Gasteiger partial charge in [0.2, 0.25) is 15.6 Å². The van der Waals surface area contributed by atoms with Gasteiger partial charge in [0.05, 0.1) is 17.8 Å². The molecule has 0 saturated carbocycles. The summed E-state index contributed by atoms with van der Waals surface area (Å²) >= 11 is 18.1. The molecule has 0 fully saturated rings. The molecule has 17 heteroatoms. The van der Waals surface area contributed by atoms with Gasteiger partial charge in [-0.05, 0) is 40.2 Å². The molecule has 5 aromatic rings. The van der Waals surface area contributed by atoms with Crippen molar-refractivity contribution in [2.75, 3.05) is 25.2 Å². The highest BCUT2D eigenvalue weighted by Gasteiger charge is 2.44. The molecule has 1 aliphatic heterocycles. The van der Waals surface area contributed by atoms with Gasteiger partial charge >= 0.3 is 12.1 Å². The fourth-order valence-corrected chi connectivity index (χ4v) is 9.09. The van der Waals surface area contributed by atoms with Crippen molar-refractivity contribution >= 4 is 68.5 Å². The molecule has 0 bridgehead atoms. The number of carboxylic acid groups (broad SMARTS) is 1. The van der Waals surface area contributed by atoms with Crippen LogP contribution in [-0.4, -0.2) is 104 Å². The van der Waals surface area contributed by atoms with Gasteiger partial charge in [-0.15, -0.1) is 0 Å². The lowest BCUT2D eigenvalue weighted by molar-refractivity contribution is -0.148. The zero-order valence-electron chi connectivity index (χ0n) is 35.5. The second-order valence-electron chi connectivity index (χ2n) is 16.2. The Morgan fingerprint density at radius 3 is 1.89 bits per heavy atom. The van der Waals surface area contributed by atoms with Crippen molar-refractivity contribution < 1.29 is 37.4 Å². The molecule has 1 aromatic heterocycles. The maximum absolute atomic E-state index is 15.1. The van der Waals surface area contributed by atoms with Crippen LogP contribution in [-0.2, 0) is 53.9 Å². The zero-order chi connectivity index (χ0) is 46.2. The Hall–Kier alpha value is -5.41. The van der Waals surface area contributed by atoms with Crippen molar-refractivity contribution in [3.63, 3.8) is 0 Å². The summed E-state index contributed by atoms with van der Waals surface area (Å²) in [6.07, 6.45) is 3.47. The second kappa shape index (κ2) is 20.6. The molecule has 2 N–H and O–H groups in total. The van der Waals surface area contributed by atoms with Gasteiger partial charge in [0.25, 0.3) is 0 Å². The first-order chi connectivity index (χ1) is 30.4. The Kier molecular flexibility index (Phi) is 15.5. The number of carboxylic acids is 1. The van der Waals surface area contributed by atoms with Crippen LogP contribution >= 0.6 is 34.8 Å². The van der Waals surface area contributed by atoms with Crippen molar-refractivity contribution in [3.05, 3.63) is 161 Å². The Labute approximate surface area is 388 Å². The molecule has 3 atom stereocenters. The number of nitrogens with zero attached hydrogens (tertiary/aromatic N) is 4. The van der Waals surface area contributed by atoms with E-state index in [1.165, 1.54) is 9.80 Å². The number of rotatable bonds is 17. The number of carbonyl (C=O) groups excluding carboxylic acids is 3. The van der Waals surface area contributed by atoms with Crippen LogP contribution in [0.15, 0.2) is 128 Å². The van der Waals surface area contributed by atoms with E-state index in [-0.39, 0.29) is 32.4 Å². The third kappa shape index (κ3) is 11.4. The van der Waals surface area contributed by atoms with E-state index >= 15 is 4.79 Å². The van der Waals surface area contributed by atoms with Crippen LogP contribution in [0.5, 0.6) is 0 Å². The van der Waals surface area contributed by atoms with E-state index in [1.807, 2.05) is 77.5 Å². The van der Waals surface area contributed by atoms with Gasteiger partial charge in [-0.1, -0.05) is 164 Å². The lowest BCUT2D eigenvalue weighted by Crippen LogP contribution is -2.61. The van der Waals surface area contributed by atoms with Gasteiger partial charge in [-0.2, -0.15) is 0 Å². The molecule has 4 aromatic carbocycles. The monoisotopic (exact) mass is 949 g/mol. The molecule has 0 saturated heterocycles. The van der Waals surface area contributed by atoms with Crippen molar-refractivity contribution in [2.45, 2.75) is 67.1 Å².